The number of nitro groups is 1. The number of primary amides is 1. The van der Waals surface area contributed by atoms with Crippen LogP contribution in [0.2, 0.25) is 0 Å². The molecule has 0 radical (unpaired) electrons. The van der Waals surface area contributed by atoms with Crippen molar-refractivity contribution in [1.29, 1.82) is 0 Å². The predicted octanol–water partition coefficient (Wildman–Crippen LogP) is 0.966. The van der Waals surface area contributed by atoms with Gasteiger partial charge in [0.1, 0.15) is 17.9 Å². The van der Waals surface area contributed by atoms with Crippen molar-refractivity contribution in [2.45, 2.75) is 19.4 Å². The second-order valence-electron chi connectivity index (χ2n) is 4.39. The highest BCUT2D eigenvalue weighted by molar-refractivity contribution is 5.84. The summed E-state index contributed by atoms with van der Waals surface area (Å²) in [6.07, 6.45) is 0. The third-order valence-corrected chi connectivity index (χ3v) is 2.75. The maximum absolute atomic E-state index is 13.4. The molecule has 0 aliphatic heterocycles. The monoisotopic (exact) mass is 285 g/mol. The summed E-state index contributed by atoms with van der Waals surface area (Å²) in [5.74, 6) is -1.53. The first kappa shape index (κ1) is 15.8. The molecule has 1 amide bonds. The van der Waals surface area contributed by atoms with Crippen LogP contribution in [0.1, 0.15) is 13.8 Å². The summed E-state index contributed by atoms with van der Waals surface area (Å²) < 4.78 is 18.7. The molecule has 1 aromatic rings. The SMILES string of the molecule is CCNC(C)(COc1ccc([N+](=O)[O-])c(F)c1)C(N)=O. The van der Waals surface area contributed by atoms with Gasteiger partial charge in [-0.05, 0) is 19.5 Å². The van der Waals surface area contributed by atoms with Gasteiger partial charge >= 0.3 is 5.69 Å². The molecule has 0 saturated carbocycles. The first-order chi connectivity index (χ1) is 9.30. The van der Waals surface area contributed by atoms with Gasteiger partial charge < -0.3 is 15.8 Å². The lowest BCUT2D eigenvalue weighted by atomic mass is 10.0. The summed E-state index contributed by atoms with van der Waals surface area (Å²) in [7, 11) is 0. The molecule has 1 unspecified atom stereocenters. The van der Waals surface area contributed by atoms with E-state index in [1.165, 1.54) is 6.07 Å². The minimum Gasteiger partial charge on any atom is -0.491 e. The smallest absolute Gasteiger partial charge is 0.305 e. The zero-order chi connectivity index (χ0) is 15.3. The molecule has 1 aromatic carbocycles. The Kier molecular flexibility index (Phi) is 4.98. The topological polar surface area (TPSA) is 107 Å². The van der Waals surface area contributed by atoms with E-state index in [4.69, 9.17) is 10.5 Å². The van der Waals surface area contributed by atoms with E-state index in [1.54, 1.807) is 13.8 Å². The molecule has 0 fully saturated rings. The Morgan fingerprint density at radius 3 is 2.70 bits per heavy atom. The molecule has 110 valence electrons. The minimum atomic E-state index is -1.10. The lowest BCUT2D eigenvalue weighted by Gasteiger charge is -2.26. The van der Waals surface area contributed by atoms with Crippen LogP contribution in [0.5, 0.6) is 5.75 Å². The number of nitrogens with two attached hydrogens (primary N) is 1. The second kappa shape index (κ2) is 6.29. The average Bonchev–Trinajstić information content (AvgIpc) is 2.36. The van der Waals surface area contributed by atoms with Crippen molar-refractivity contribution in [3.63, 3.8) is 0 Å². The standard InChI is InChI=1S/C12H16FN3O4/c1-3-15-12(2,11(14)17)7-20-8-4-5-10(16(18)19)9(13)6-8/h4-6,15H,3,7H2,1-2H3,(H2,14,17). The lowest BCUT2D eigenvalue weighted by Crippen LogP contribution is -2.57. The molecule has 1 atom stereocenters. The number of halogens is 1. The summed E-state index contributed by atoms with van der Waals surface area (Å²) >= 11 is 0. The largest absolute Gasteiger partial charge is 0.491 e. The van der Waals surface area contributed by atoms with Crippen molar-refractivity contribution < 1.29 is 18.8 Å². The molecule has 0 aliphatic rings. The van der Waals surface area contributed by atoms with Crippen molar-refractivity contribution in [3.05, 3.63) is 34.1 Å². The van der Waals surface area contributed by atoms with Crippen molar-refractivity contribution >= 4 is 11.6 Å². The van der Waals surface area contributed by atoms with Crippen LogP contribution in [0.3, 0.4) is 0 Å². The molecule has 0 aromatic heterocycles. The highest BCUT2D eigenvalue weighted by atomic mass is 19.1. The number of ether oxygens (including phenoxy) is 1. The molecule has 0 bridgehead atoms. The lowest BCUT2D eigenvalue weighted by molar-refractivity contribution is -0.387. The maximum atomic E-state index is 13.4. The van der Waals surface area contributed by atoms with Crippen LogP contribution in [0.4, 0.5) is 10.1 Å². The number of nitrogens with zero attached hydrogens (tertiary/aromatic N) is 1. The van der Waals surface area contributed by atoms with Crippen LogP contribution in [0, 0.1) is 15.9 Å². The first-order valence-electron chi connectivity index (χ1n) is 5.92. The third kappa shape index (κ3) is 3.64. The van der Waals surface area contributed by atoms with Crippen molar-refractivity contribution in [2.75, 3.05) is 13.2 Å². The van der Waals surface area contributed by atoms with Gasteiger partial charge in [0.25, 0.3) is 0 Å². The average molecular weight is 285 g/mol. The number of carbonyl (C=O) groups excluding carboxylic acids is 1. The number of hydrogen-bond donors (Lipinski definition) is 2. The Balaban J connectivity index is 2.81. The van der Waals surface area contributed by atoms with E-state index < -0.39 is 27.9 Å². The van der Waals surface area contributed by atoms with E-state index in [0.29, 0.717) is 6.54 Å². The number of benzene rings is 1. The number of nitrogens with one attached hydrogen (secondary N) is 1. The fourth-order valence-corrected chi connectivity index (χ4v) is 1.55. The van der Waals surface area contributed by atoms with Crippen LogP contribution in [-0.4, -0.2) is 29.5 Å². The van der Waals surface area contributed by atoms with E-state index in [0.717, 1.165) is 12.1 Å². The van der Waals surface area contributed by atoms with Gasteiger partial charge in [0.2, 0.25) is 11.7 Å². The Labute approximate surface area is 115 Å². The number of hydrogen-bond acceptors (Lipinski definition) is 5. The van der Waals surface area contributed by atoms with Crippen LogP contribution in [0.25, 0.3) is 0 Å². The first-order valence-corrected chi connectivity index (χ1v) is 5.92. The second-order valence-corrected chi connectivity index (χ2v) is 4.39. The van der Waals surface area contributed by atoms with Crippen molar-refractivity contribution in [3.8, 4) is 5.75 Å². The zero-order valence-corrected chi connectivity index (χ0v) is 11.2. The van der Waals surface area contributed by atoms with Gasteiger partial charge in [-0.15, -0.1) is 0 Å². The van der Waals surface area contributed by atoms with Gasteiger partial charge in [0, 0.05) is 12.1 Å². The van der Waals surface area contributed by atoms with Crippen molar-refractivity contribution in [1.82, 2.24) is 5.32 Å². The van der Waals surface area contributed by atoms with E-state index >= 15 is 0 Å². The normalized spacial score (nSPS) is 13.6. The third-order valence-electron chi connectivity index (χ3n) is 2.75. The summed E-state index contributed by atoms with van der Waals surface area (Å²) in [6.45, 7) is 3.73. The van der Waals surface area contributed by atoms with Gasteiger partial charge in [-0.3, -0.25) is 14.9 Å². The number of carbonyl (C=O) groups is 1. The molecule has 8 heteroatoms. The summed E-state index contributed by atoms with van der Waals surface area (Å²) in [6, 6.07) is 3.15. The van der Waals surface area contributed by atoms with Gasteiger partial charge in [-0.25, -0.2) is 0 Å². The zero-order valence-electron chi connectivity index (χ0n) is 11.2. The van der Waals surface area contributed by atoms with E-state index in [1.807, 2.05) is 0 Å². The van der Waals surface area contributed by atoms with E-state index in [9.17, 15) is 19.3 Å². The van der Waals surface area contributed by atoms with Gasteiger partial charge in [0.05, 0.1) is 4.92 Å². The Morgan fingerprint density at radius 2 is 2.25 bits per heavy atom. The molecule has 0 saturated heterocycles. The Bertz CT molecular complexity index is 523. The Hall–Kier alpha value is -2.22. The number of nitro benzene ring substituents is 1. The van der Waals surface area contributed by atoms with Crippen LogP contribution in [0.15, 0.2) is 18.2 Å². The van der Waals surface area contributed by atoms with Gasteiger partial charge in [-0.1, -0.05) is 6.92 Å². The molecular formula is C12H16FN3O4. The molecular weight excluding hydrogens is 269 g/mol. The van der Waals surface area contributed by atoms with Crippen molar-refractivity contribution in [2.24, 2.45) is 5.73 Å². The fourth-order valence-electron chi connectivity index (χ4n) is 1.55. The predicted molar refractivity (Wildman–Crippen MR) is 69.8 cm³/mol. The maximum Gasteiger partial charge on any atom is 0.305 e. The van der Waals surface area contributed by atoms with Gasteiger partial charge in [-0.2, -0.15) is 4.39 Å². The quantitative estimate of drug-likeness (QED) is 0.573. The molecule has 0 spiro atoms. The molecule has 1 rings (SSSR count). The molecule has 0 aliphatic carbocycles. The summed E-state index contributed by atoms with van der Waals surface area (Å²) in [5.41, 5.74) is 3.53. The van der Waals surface area contributed by atoms with Crippen LogP contribution < -0.4 is 15.8 Å². The van der Waals surface area contributed by atoms with Crippen LogP contribution >= 0.6 is 0 Å². The molecule has 20 heavy (non-hydrogen) atoms. The van der Waals surface area contributed by atoms with E-state index in [2.05, 4.69) is 5.32 Å². The number of rotatable bonds is 7. The Morgan fingerprint density at radius 1 is 1.60 bits per heavy atom. The molecule has 7 nitrogen and oxygen atoms in total. The van der Waals surface area contributed by atoms with E-state index in [-0.39, 0.29) is 12.4 Å². The summed E-state index contributed by atoms with van der Waals surface area (Å²) in [5, 5.41) is 13.3. The highest BCUT2D eigenvalue weighted by Crippen LogP contribution is 2.23. The van der Waals surface area contributed by atoms with Gasteiger partial charge in [0.15, 0.2) is 0 Å². The number of likely N-dealkylation sites (N-methyl/N-ethyl adjacent to an activating group) is 1. The molecule has 3 N–H and O–H groups in total. The highest BCUT2D eigenvalue weighted by Gasteiger charge is 2.31. The molecule has 0 heterocycles. The fraction of sp³-hybridized carbons (Fsp3) is 0.417. The minimum absolute atomic E-state index is 0.0819. The summed E-state index contributed by atoms with van der Waals surface area (Å²) in [4.78, 5) is 21.0. The number of amides is 1. The van der Waals surface area contributed by atoms with Crippen LogP contribution in [-0.2, 0) is 4.79 Å².